The number of aliphatic hydroxyl groups is 1. The number of nitrogens with one attached hydrogen (secondary N) is 2. The van der Waals surface area contributed by atoms with Gasteiger partial charge in [-0.15, -0.1) is 0 Å². The third-order valence-electron chi connectivity index (χ3n) is 3.38. The molecule has 0 aliphatic carbocycles. The summed E-state index contributed by atoms with van der Waals surface area (Å²) in [5.41, 5.74) is -0.987. The molecule has 1 unspecified atom stereocenters. The lowest BCUT2D eigenvalue weighted by molar-refractivity contribution is -0.136. The number of amides is 2. The van der Waals surface area contributed by atoms with E-state index in [0.29, 0.717) is 16.5 Å². The molecule has 2 amide bonds. The van der Waals surface area contributed by atoms with Crippen molar-refractivity contribution in [3.8, 4) is 5.75 Å². The largest absolute Gasteiger partial charge is 0.495 e. The minimum atomic E-state index is -1.26. The fourth-order valence-corrected chi connectivity index (χ4v) is 2.33. The van der Waals surface area contributed by atoms with Crippen LogP contribution in [0.15, 0.2) is 41.0 Å². The van der Waals surface area contributed by atoms with E-state index >= 15 is 0 Å². The molecule has 0 saturated heterocycles. The van der Waals surface area contributed by atoms with E-state index in [4.69, 9.17) is 20.8 Å². The summed E-state index contributed by atoms with van der Waals surface area (Å²) in [6.07, 6.45) is 1.69. The predicted molar refractivity (Wildman–Crippen MR) is 92.7 cm³/mol. The van der Waals surface area contributed by atoms with E-state index < -0.39 is 17.4 Å². The number of furan rings is 1. The monoisotopic (exact) mass is 366 g/mol. The predicted octanol–water partition coefficient (Wildman–Crippen LogP) is 1.99. The highest BCUT2D eigenvalue weighted by atomic mass is 35.5. The zero-order valence-electron chi connectivity index (χ0n) is 13.8. The molecule has 2 aromatic rings. The maximum atomic E-state index is 12.0. The molecular weight excluding hydrogens is 348 g/mol. The van der Waals surface area contributed by atoms with E-state index in [1.807, 2.05) is 0 Å². The molecular formula is C17H19ClN2O5. The first-order chi connectivity index (χ1) is 11.8. The molecule has 0 aliphatic rings. The molecule has 7 nitrogen and oxygen atoms in total. The molecule has 0 spiro atoms. The minimum Gasteiger partial charge on any atom is -0.495 e. The quantitative estimate of drug-likeness (QED) is 0.679. The first-order valence-electron chi connectivity index (χ1n) is 7.48. The highest BCUT2D eigenvalue weighted by Crippen LogP contribution is 2.27. The van der Waals surface area contributed by atoms with Crippen LogP contribution in [0.1, 0.15) is 12.7 Å². The number of hydrogen-bond acceptors (Lipinski definition) is 5. The number of ether oxygens (including phenoxy) is 1. The lowest BCUT2D eigenvalue weighted by Gasteiger charge is -2.22. The van der Waals surface area contributed by atoms with Crippen molar-refractivity contribution >= 4 is 29.1 Å². The van der Waals surface area contributed by atoms with Crippen LogP contribution in [-0.2, 0) is 16.0 Å². The number of halogens is 1. The minimum absolute atomic E-state index is 0.118. The van der Waals surface area contributed by atoms with Crippen LogP contribution >= 0.6 is 11.6 Å². The van der Waals surface area contributed by atoms with Crippen molar-refractivity contribution in [2.24, 2.45) is 0 Å². The summed E-state index contributed by atoms with van der Waals surface area (Å²) >= 11 is 5.88. The summed E-state index contributed by atoms with van der Waals surface area (Å²) in [5, 5.41) is 15.5. The summed E-state index contributed by atoms with van der Waals surface area (Å²) < 4.78 is 10.3. The van der Waals surface area contributed by atoms with E-state index in [1.54, 1.807) is 24.3 Å². The Kier molecular flexibility index (Phi) is 6.06. The normalized spacial score (nSPS) is 13.0. The second kappa shape index (κ2) is 8.04. The fourth-order valence-electron chi connectivity index (χ4n) is 2.16. The summed E-state index contributed by atoms with van der Waals surface area (Å²) in [6, 6.07) is 8.06. The standard InChI is InChI=1S/C17H19ClN2O5/c1-17(23,9-12-4-3-7-25-12)10-19-15(21)16(22)20-13-8-11(18)5-6-14(13)24-2/h3-8,23H,9-10H2,1-2H3,(H,19,21)(H,20,22). The number of rotatable bonds is 6. The smallest absolute Gasteiger partial charge is 0.313 e. The average Bonchev–Trinajstić information content (AvgIpc) is 3.05. The van der Waals surface area contributed by atoms with Gasteiger partial charge in [-0.1, -0.05) is 11.6 Å². The first-order valence-corrected chi connectivity index (χ1v) is 7.86. The third-order valence-corrected chi connectivity index (χ3v) is 3.62. The van der Waals surface area contributed by atoms with Gasteiger partial charge in [0, 0.05) is 18.0 Å². The second-order valence-electron chi connectivity index (χ2n) is 5.73. The lowest BCUT2D eigenvalue weighted by Crippen LogP contribution is -2.45. The van der Waals surface area contributed by atoms with Gasteiger partial charge in [0.2, 0.25) is 0 Å². The lowest BCUT2D eigenvalue weighted by atomic mass is 10.0. The fraction of sp³-hybridized carbons (Fsp3) is 0.294. The number of hydrogen-bond donors (Lipinski definition) is 3. The van der Waals surface area contributed by atoms with Gasteiger partial charge in [0.05, 0.1) is 24.7 Å². The molecule has 134 valence electrons. The van der Waals surface area contributed by atoms with Crippen molar-refractivity contribution in [2.75, 3.05) is 19.0 Å². The Balaban J connectivity index is 1.92. The highest BCUT2D eigenvalue weighted by Gasteiger charge is 2.25. The maximum Gasteiger partial charge on any atom is 0.313 e. The number of benzene rings is 1. The molecule has 0 aliphatic heterocycles. The van der Waals surface area contributed by atoms with E-state index in [2.05, 4.69) is 10.6 Å². The zero-order chi connectivity index (χ0) is 18.4. The van der Waals surface area contributed by atoms with Crippen molar-refractivity contribution in [2.45, 2.75) is 18.9 Å². The number of anilines is 1. The van der Waals surface area contributed by atoms with Gasteiger partial charge in [-0.2, -0.15) is 0 Å². The Hall–Kier alpha value is -2.51. The molecule has 0 saturated carbocycles. The van der Waals surface area contributed by atoms with Gasteiger partial charge >= 0.3 is 11.8 Å². The Labute approximate surface area is 149 Å². The van der Waals surface area contributed by atoms with Crippen LogP contribution in [0.3, 0.4) is 0 Å². The van der Waals surface area contributed by atoms with Gasteiger partial charge in [-0.05, 0) is 37.3 Å². The summed E-state index contributed by atoms with van der Waals surface area (Å²) in [7, 11) is 1.44. The Morgan fingerprint density at radius 2 is 2.08 bits per heavy atom. The van der Waals surface area contributed by atoms with Crippen LogP contribution in [0.25, 0.3) is 0 Å². The molecule has 1 heterocycles. The van der Waals surface area contributed by atoms with Crippen molar-refractivity contribution < 1.29 is 23.8 Å². The van der Waals surface area contributed by atoms with Crippen LogP contribution in [-0.4, -0.2) is 36.2 Å². The Morgan fingerprint density at radius 1 is 1.32 bits per heavy atom. The van der Waals surface area contributed by atoms with Crippen LogP contribution in [0.5, 0.6) is 5.75 Å². The Morgan fingerprint density at radius 3 is 2.72 bits per heavy atom. The highest BCUT2D eigenvalue weighted by molar-refractivity contribution is 6.40. The number of carbonyl (C=O) groups excluding carboxylic acids is 2. The summed E-state index contributed by atoms with van der Waals surface area (Å²) in [4.78, 5) is 24.0. The van der Waals surface area contributed by atoms with Crippen molar-refractivity contribution in [1.82, 2.24) is 5.32 Å². The van der Waals surface area contributed by atoms with Crippen molar-refractivity contribution in [3.63, 3.8) is 0 Å². The van der Waals surface area contributed by atoms with Crippen molar-refractivity contribution in [3.05, 3.63) is 47.4 Å². The number of carbonyl (C=O) groups is 2. The van der Waals surface area contributed by atoms with Gasteiger partial charge in [-0.3, -0.25) is 9.59 Å². The molecule has 1 aromatic heterocycles. The van der Waals surface area contributed by atoms with Crippen LogP contribution < -0.4 is 15.4 Å². The van der Waals surface area contributed by atoms with Crippen molar-refractivity contribution in [1.29, 1.82) is 0 Å². The van der Waals surface area contributed by atoms with E-state index in [0.717, 1.165) is 0 Å². The van der Waals surface area contributed by atoms with Gasteiger partial charge in [-0.25, -0.2) is 0 Å². The van der Waals surface area contributed by atoms with Gasteiger partial charge in [0.1, 0.15) is 11.5 Å². The molecule has 8 heteroatoms. The van der Waals surface area contributed by atoms with Crippen LogP contribution in [0.2, 0.25) is 5.02 Å². The van der Waals surface area contributed by atoms with E-state index in [-0.39, 0.29) is 18.7 Å². The van der Waals surface area contributed by atoms with E-state index in [9.17, 15) is 14.7 Å². The molecule has 1 aromatic carbocycles. The Bertz CT molecular complexity index is 744. The molecule has 2 rings (SSSR count). The zero-order valence-corrected chi connectivity index (χ0v) is 14.6. The summed E-state index contributed by atoms with van der Waals surface area (Å²) in [6.45, 7) is 1.42. The second-order valence-corrected chi connectivity index (χ2v) is 6.17. The van der Waals surface area contributed by atoms with Gasteiger partial charge in [0.15, 0.2) is 0 Å². The first kappa shape index (κ1) is 18.8. The van der Waals surface area contributed by atoms with Gasteiger partial charge in [0.25, 0.3) is 0 Å². The number of methoxy groups -OCH3 is 1. The van der Waals surface area contributed by atoms with Crippen LogP contribution in [0, 0.1) is 0 Å². The van der Waals surface area contributed by atoms with Gasteiger partial charge < -0.3 is 24.9 Å². The topological polar surface area (TPSA) is 101 Å². The SMILES string of the molecule is COc1ccc(Cl)cc1NC(=O)C(=O)NCC(C)(O)Cc1ccco1. The maximum absolute atomic E-state index is 12.0. The molecule has 0 fully saturated rings. The molecule has 25 heavy (non-hydrogen) atoms. The van der Waals surface area contributed by atoms with Crippen LogP contribution in [0.4, 0.5) is 5.69 Å². The molecule has 0 bridgehead atoms. The summed E-state index contributed by atoms with van der Waals surface area (Å²) in [5.74, 6) is -0.834. The molecule has 1 atom stereocenters. The van der Waals surface area contributed by atoms with E-state index in [1.165, 1.54) is 26.4 Å². The average molecular weight is 367 g/mol. The molecule has 3 N–H and O–H groups in total. The third kappa shape index (κ3) is 5.51. The molecule has 0 radical (unpaired) electrons.